The van der Waals surface area contributed by atoms with E-state index in [0.717, 1.165) is 11.1 Å². The molecular formula is C29H25F2N2+. The van der Waals surface area contributed by atoms with Gasteiger partial charge in [0.1, 0.15) is 24.7 Å². The van der Waals surface area contributed by atoms with Gasteiger partial charge in [-0.25, -0.2) is 8.78 Å². The Labute approximate surface area is 193 Å². The molecule has 2 nitrogen and oxygen atoms in total. The minimum Gasteiger partial charge on any atom is -0.252 e. The van der Waals surface area contributed by atoms with Crippen molar-refractivity contribution in [3.63, 3.8) is 0 Å². The molecule has 0 aliphatic carbocycles. The maximum absolute atomic E-state index is 14.6. The molecule has 33 heavy (non-hydrogen) atoms. The van der Waals surface area contributed by atoms with Crippen molar-refractivity contribution in [2.45, 2.75) is 25.2 Å². The molecule has 4 heteroatoms. The third kappa shape index (κ3) is 4.42. The maximum Gasteiger partial charge on any atom is 0.236 e. The number of hydrogen-bond acceptors (Lipinski definition) is 1. The topological polar surface area (TPSA) is 6.25 Å². The van der Waals surface area contributed by atoms with Crippen LogP contribution in [0.3, 0.4) is 0 Å². The second kappa shape index (κ2) is 9.37. The molecule has 0 amide bonds. The Balaban J connectivity index is 1.61. The molecule has 1 aliphatic rings. The summed E-state index contributed by atoms with van der Waals surface area (Å²) in [5, 5.41) is 0. The highest BCUT2D eigenvalue weighted by atomic mass is 19.1. The summed E-state index contributed by atoms with van der Waals surface area (Å²) in [5.74, 6) is -0.442. The van der Waals surface area contributed by atoms with E-state index in [9.17, 15) is 8.78 Å². The number of halogens is 2. The van der Waals surface area contributed by atoms with Gasteiger partial charge in [-0.15, -0.1) is 0 Å². The van der Waals surface area contributed by atoms with Crippen LogP contribution in [0.2, 0.25) is 0 Å². The normalized spacial score (nSPS) is 17.8. The molecule has 0 spiro atoms. The molecule has 0 bridgehead atoms. The van der Waals surface area contributed by atoms with Crippen molar-refractivity contribution in [3.05, 3.63) is 143 Å². The van der Waals surface area contributed by atoms with Gasteiger partial charge in [-0.1, -0.05) is 97.1 Å². The van der Waals surface area contributed by atoms with Gasteiger partial charge in [-0.3, -0.25) is 9.48 Å². The zero-order valence-corrected chi connectivity index (χ0v) is 18.2. The van der Waals surface area contributed by atoms with Crippen LogP contribution in [0.1, 0.15) is 34.3 Å². The van der Waals surface area contributed by atoms with Crippen LogP contribution in [0.4, 0.5) is 8.78 Å². The van der Waals surface area contributed by atoms with Crippen LogP contribution >= 0.6 is 0 Å². The Morgan fingerprint density at radius 2 is 1.12 bits per heavy atom. The number of hydrogen-bond donors (Lipinski definition) is 0. The first kappa shape index (κ1) is 21.1. The van der Waals surface area contributed by atoms with Crippen LogP contribution in [-0.4, -0.2) is 15.8 Å². The van der Waals surface area contributed by atoms with Crippen molar-refractivity contribution in [3.8, 4) is 0 Å². The van der Waals surface area contributed by atoms with Crippen LogP contribution in [-0.2, 0) is 13.1 Å². The lowest BCUT2D eigenvalue weighted by Crippen LogP contribution is -2.26. The SMILES string of the molecule is Fc1ccccc1CN1C=[N+](Cc2ccccc2F)C(c2ccccc2)C1c1ccccc1. The maximum atomic E-state index is 14.6. The Bertz CT molecular complexity index is 1250. The van der Waals surface area contributed by atoms with Gasteiger partial charge < -0.3 is 0 Å². The first-order valence-electron chi connectivity index (χ1n) is 11.1. The Morgan fingerprint density at radius 3 is 1.73 bits per heavy atom. The summed E-state index contributed by atoms with van der Waals surface area (Å²) in [6.07, 6.45) is 2.04. The van der Waals surface area contributed by atoms with Gasteiger partial charge >= 0.3 is 0 Å². The van der Waals surface area contributed by atoms with Gasteiger partial charge in [0.05, 0.1) is 0 Å². The molecule has 0 saturated carbocycles. The minimum atomic E-state index is -0.221. The van der Waals surface area contributed by atoms with Gasteiger partial charge in [-0.2, -0.15) is 0 Å². The molecular weight excluding hydrogens is 414 g/mol. The number of benzene rings is 4. The quantitative estimate of drug-likeness (QED) is 0.311. The summed E-state index contributed by atoms with van der Waals surface area (Å²) < 4.78 is 31.3. The van der Waals surface area contributed by atoms with Crippen molar-refractivity contribution in [2.75, 3.05) is 0 Å². The highest BCUT2D eigenvalue weighted by Gasteiger charge is 2.44. The van der Waals surface area contributed by atoms with Gasteiger partial charge in [-0.05, 0) is 12.1 Å². The number of rotatable bonds is 6. The van der Waals surface area contributed by atoms with Gasteiger partial charge in [0, 0.05) is 22.3 Å². The average molecular weight is 440 g/mol. The van der Waals surface area contributed by atoms with Gasteiger partial charge in [0.15, 0.2) is 12.1 Å². The van der Waals surface area contributed by atoms with E-state index in [2.05, 4.69) is 33.7 Å². The summed E-state index contributed by atoms with van der Waals surface area (Å²) in [7, 11) is 0. The third-order valence-corrected chi connectivity index (χ3v) is 6.21. The first-order valence-corrected chi connectivity index (χ1v) is 11.1. The second-order valence-electron chi connectivity index (χ2n) is 8.35. The van der Waals surface area contributed by atoms with Gasteiger partial charge in [0.2, 0.25) is 6.34 Å². The van der Waals surface area contributed by atoms with Crippen molar-refractivity contribution < 1.29 is 13.4 Å². The minimum absolute atomic E-state index is 0.0556. The lowest BCUT2D eigenvalue weighted by atomic mass is 9.92. The summed E-state index contributed by atoms with van der Waals surface area (Å²) >= 11 is 0. The Hall–Kier alpha value is -3.79. The smallest absolute Gasteiger partial charge is 0.236 e. The molecule has 0 saturated heterocycles. The monoisotopic (exact) mass is 439 g/mol. The van der Waals surface area contributed by atoms with Crippen molar-refractivity contribution in [1.29, 1.82) is 0 Å². The van der Waals surface area contributed by atoms with E-state index in [1.807, 2.05) is 67.0 Å². The standard InChI is InChI=1S/C29H25F2N2/c30-26-17-9-7-15-24(26)19-32-21-33(20-25-16-8-10-18-27(25)31)29(23-13-5-2-6-14-23)28(32)22-11-3-1-4-12-22/h1-18,21,28-29H,19-20H2/q+1. The molecule has 0 fully saturated rings. The Morgan fingerprint density at radius 1 is 0.606 bits per heavy atom. The molecule has 164 valence electrons. The molecule has 0 aromatic heterocycles. The summed E-state index contributed by atoms with van der Waals surface area (Å²) in [6, 6.07) is 34.2. The highest BCUT2D eigenvalue weighted by molar-refractivity contribution is 5.55. The molecule has 1 aliphatic heterocycles. The first-order chi connectivity index (χ1) is 16.2. The number of nitrogens with zero attached hydrogens (tertiary/aromatic N) is 2. The van der Waals surface area contributed by atoms with Crippen LogP contribution in [0, 0.1) is 11.6 Å². The predicted molar refractivity (Wildman–Crippen MR) is 127 cm³/mol. The van der Waals surface area contributed by atoms with E-state index in [1.54, 1.807) is 12.1 Å². The fourth-order valence-electron chi connectivity index (χ4n) is 4.67. The van der Waals surface area contributed by atoms with Crippen LogP contribution in [0.25, 0.3) is 0 Å². The fraction of sp³-hybridized carbons (Fsp3) is 0.138. The van der Waals surface area contributed by atoms with E-state index < -0.39 is 0 Å². The van der Waals surface area contributed by atoms with Gasteiger partial charge in [0.25, 0.3) is 0 Å². The summed E-state index contributed by atoms with van der Waals surface area (Å²) in [6.45, 7) is 0.840. The lowest BCUT2D eigenvalue weighted by Gasteiger charge is -2.24. The molecule has 5 rings (SSSR count). The molecule has 4 aromatic carbocycles. The summed E-state index contributed by atoms with van der Waals surface area (Å²) in [4.78, 5) is 2.17. The Kier molecular flexibility index (Phi) is 5.99. The molecule has 0 radical (unpaired) electrons. The van der Waals surface area contributed by atoms with E-state index in [-0.39, 0.29) is 23.7 Å². The van der Waals surface area contributed by atoms with E-state index in [4.69, 9.17) is 0 Å². The fourth-order valence-corrected chi connectivity index (χ4v) is 4.67. The van der Waals surface area contributed by atoms with E-state index in [1.165, 1.54) is 12.1 Å². The predicted octanol–water partition coefficient (Wildman–Crippen LogP) is 6.50. The second-order valence-corrected chi connectivity index (χ2v) is 8.35. The van der Waals surface area contributed by atoms with Crippen LogP contribution in [0.15, 0.2) is 109 Å². The molecule has 4 aromatic rings. The van der Waals surface area contributed by atoms with E-state index >= 15 is 0 Å². The van der Waals surface area contributed by atoms with Crippen molar-refractivity contribution >= 4 is 6.34 Å². The summed E-state index contributed by atoms with van der Waals surface area (Å²) in [5.41, 5.74) is 3.54. The van der Waals surface area contributed by atoms with E-state index in [0.29, 0.717) is 24.2 Å². The molecule has 0 N–H and O–H groups in total. The highest BCUT2D eigenvalue weighted by Crippen LogP contribution is 2.41. The molecule has 2 unspecified atom stereocenters. The molecule has 1 heterocycles. The van der Waals surface area contributed by atoms with Crippen molar-refractivity contribution in [1.82, 2.24) is 4.90 Å². The largest absolute Gasteiger partial charge is 0.252 e. The average Bonchev–Trinajstić information content (AvgIpc) is 3.20. The zero-order valence-electron chi connectivity index (χ0n) is 18.2. The van der Waals surface area contributed by atoms with Crippen LogP contribution < -0.4 is 0 Å². The van der Waals surface area contributed by atoms with Crippen molar-refractivity contribution in [2.24, 2.45) is 0 Å². The third-order valence-electron chi connectivity index (χ3n) is 6.21. The lowest BCUT2D eigenvalue weighted by molar-refractivity contribution is -0.579. The van der Waals surface area contributed by atoms with Crippen LogP contribution in [0.5, 0.6) is 0 Å². The molecule has 2 atom stereocenters. The zero-order chi connectivity index (χ0) is 22.6.